The van der Waals surface area contributed by atoms with Crippen LogP contribution in [-0.4, -0.2) is 54.0 Å². The van der Waals surface area contributed by atoms with Crippen LogP contribution in [0.25, 0.3) is 0 Å². The SMILES string of the molecule is CCN(CC)C(N)=NCC(C)(C)N1CC(C)CC(C)C1. The first-order chi connectivity index (χ1) is 9.30. The monoisotopic (exact) mass is 282 g/mol. The number of nitrogens with zero attached hydrogens (tertiary/aromatic N) is 3. The van der Waals surface area contributed by atoms with Crippen LogP contribution < -0.4 is 5.73 Å². The maximum atomic E-state index is 6.09. The molecule has 20 heavy (non-hydrogen) atoms. The standard InChI is InChI=1S/C16H34N4/c1-7-19(8-2)15(17)18-12-16(5,6)20-10-13(3)9-14(4)11-20/h13-14H,7-12H2,1-6H3,(H2,17,18). The summed E-state index contributed by atoms with van der Waals surface area (Å²) in [5, 5.41) is 0. The molecule has 2 unspecified atom stereocenters. The number of guanidine groups is 1. The van der Waals surface area contributed by atoms with Crippen LogP contribution in [0, 0.1) is 11.8 Å². The van der Waals surface area contributed by atoms with Crippen molar-refractivity contribution in [1.82, 2.24) is 9.80 Å². The summed E-state index contributed by atoms with van der Waals surface area (Å²) in [4.78, 5) is 9.34. The summed E-state index contributed by atoms with van der Waals surface area (Å²) in [7, 11) is 0. The minimum atomic E-state index is 0.0840. The summed E-state index contributed by atoms with van der Waals surface area (Å²) in [5.41, 5.74) is 6.17. The third kappa shape index (κ3) is 4.65. The Kier molecular flexibility index (Phi) is 6.31. The first-order valence-electron chi connectivity index (χ1n) is 8.10. The third-order valence-corrected chi connectivity index (χ3v) is 4.44. The average Bonchev–Trinajstić information content (AvgIpc) is 2.37. The smallest absolute Gasteiger partial charge is 0.191 e. The van der Waals surface area contributed by atoms with E-state index in [-0.39, 0.29) is 5.54 Å². The molecule has 1 rings (SSSR count). The maximum absolute atomic E-state index is 6.09. The van der Waals surface area contributed by atoms with Gasteiger partial charge in [-0.25, -0.2) is 0 Å². The van der Waals surface area contributed by atoms with Crippen LogP contribution in [0.4, 0.5) is 0 Å². The number of aliphatic imine (C=N–C) groups is 1. The van der Waals surface area contributed by atoms with Crippen molar-refractivity contribution in [2.45, 2.75) is 53.5 Å². The summed E-state index contributed by atoms with van der Waals surface area (Å²) in [6.07, 6.45) is 1.34. The van der Waals surface area contributed by atoms with Gasteiger partial charge >= 0.3 is 0 Å². The first kappa shape index (κ1) is 17.3. The van der Waals surface area contributed by atoms with Gasteiger partial charge in [0.1, 0.15) is 0 Å². The molecular weight excluding hydrogens is 248 g/mol. The lowest BCUT2D eigenvalue weighted by atomic mass is 9.88. The zero-order chi connectivity index (χ0) is 15.3. The fourth-order valence-corrected chi connectivity index (χ4v) is 3.18. The van der Waals surface area contributed by atoms with Crippen LogP contribution in [0.3, 0.4) is 0 Å². The molecule has 0 aliphatic carbocycles. The van der Waals surface area contributed by atoms with Crippen LogP contribution in [0.15, 0.2) is 4.99 Å². The zero-order valence-electron chi connectivity index (χ0n) is 14.3. The van der Waals surface area contributed by atoms with E-state index in [0.29, 0.717) is 5.96 Å². The summed E-state index contributed by atoms with van der Waals surface area (Å²) in [6, 6.07) is 0. The van der Waals surface area contributed by atoms with Gasteiger partial charge in [0.2, 0.25) is 0 Å². The van der Waals surface area contributed by atoms with Crippen LogP contribution in [-0.2, 0) is 0 Å². The number of likely N-dealkylation sites (tertiary alicyclic amines) is 1. The first-order valence-corrected chi connectivity index (χ1v) is 8.10. The Labute approximate surface area is 125 Å². The Morgan fingerprint density at radius 3 is 2.15 bits per heavy atom. The summed E-state index contributed by atoms with van der Waals surface area (Å²) >= 11 is 0. The van der Waals surface area contributed by atoms with Gasteiger partial charge in [-0.3, -0.25) is 9.89 Å². The van der Waals surface area contributed by atoms with Crippen molar-refractivity contribution in [2.75, 3.05) is 32.7 Å². The Bertz CT molecular complexity index is 310. The molecular formula is C16H34N4. The molecule has 0 amide bonds. The fourth-order valence-electron chi connectivity index (χ4n) is 3.18. The number of hydrogen-bond acceptors (Lipinski definition) is 2. The van der Waals surface area contributed by atoms with Gasteiger partial charge in [-0.15, -0.1) is 0 Å². The van der Waals surface area contributed by atoms with Crippen molar-refractivity contribution in [1.29, 1.82) is 0 Å². The van der Waals surface area contributed by atoms with Crippen LogP contribution in [0.5, 0.6) is 0 Å². The highest BCUT2D eigenvalue weighted by molar-refractivity contribution is 5.78. The second kappa shape index (κ2) is 7.30. The third-order valence-electron chi connectivity index (χ3n) is 4.44. The molecule has 118 valence electrons. The molecule has 0 saturated carbocycles. The van der Waals surface area contributed by atoms with E-state index in [0.717, 1.165) is 31.5 Å². The highest BCUT2D eigenvalue weighted by Gasteiger charge is 2.32. The Hall–Kier alpha value is -0.770. The molecule has 4 heteroatoms. The molecule has 1 saturated heterocycles. The van der Waals surface area contributed by atoms with Gasteiger partial charge in [-0.05, 0) is 46.0 Å². The van der Waals surface area contributed by atoms with E-state index in [2.05, 4.69) is 56.3 Å². The molecule has 0 spiro atoms. The Morgan fingerprint density at radius 1 is 1.20 bits per heavy atom. The molecule has 0 aromatic carbocycles. The lowest BCUT2D eigenvalue weighted by Crippen LogP contribution is -2.53. The summed E-state index contributed by atoms with van der Waals surface area (Å²) in [6.45, 7) is 18.5. The minimum absolute atomic E-state index is 0.0840. The molecule has 1 aliphatic rings. The zero-order valence-corrected chi connectivity index (χ0v) is 14.3. The van der Waals surface area contributed by atoms with Crippen molar-refractivity contribution in [3.63, 3.8) is 0 Å². The van der Waals surface area contributed by atoms with E-state index in [1.807, 2.05) is 0 Å². The van der Waals surface area contributed by atoms with E-state index >= 15 is 0 Å². The molecule has 2 N–H and O–H groups in total. The molecule has 0 radical (unpaired) electrons. The molecule has 4 nitrogen and oxygen atoms in total. The fraction of sp³-hybridized carbons (Fsp3) is 0.938. The van der Waals surface area contributed by atoms with Crippen LogP contribution in [0.2, 0.25) is 0 Å². The second-order valence-electron chi connectivity index (χ2n) is 7.01. The van der Waals surface area contributed by atoms with Crippen LogP contribution >= 0.6 is 0 Å². The summed E-state index contributed by atoms with van der Waals surface area (Å²) < 4.78 is 0. The van der Waals surface area contributed by atoms with E-state index in [1.54, 1.807) is 0 Å². The highest BCUT2D eigenvalue weighted by atomic mass is 15.3. The molecule has 1 aliphatic heterocycles. The molecule has 0 bridgehead atoms. The van der Waals surface area contributed by atoms with Gasteiger partial charge < -0.3 is 10.6 Å². The maximum Gasteiger partial charge on any atom is 0.191 e. The number of rotatable bonds is 5. The normalized spacial score (nSPS) is 25.8. The summed E-state index contributed by atoms with van der Waals surface area (Å²) in [5.74, 6) is 2.24. The van der Waals surface area contributed by atoms with Crippen molar-refractivity contribution in [3.05, 3.63) is 0 Å². The van der Waals surface area contributed by atoms with Gasteiger partial charge in [-0.1, -0.05) is 13.8 Å². The average molecular weight is 282 g/mol. The van der Waals surface area contributed by atoms with E-state index in [1.165, 1.54) is 19.5 Å². The van der Waals surface area contributed by atoms with Gasteiger partial charge in [0.25, 0.3) is 0 Å². The molecule has 0 aromatic heterocycles. The van der Waals surface area contributed by atoms with Gasteiger partial charge in [0, 0.05) is 31.7 Å². The topological polar surface area (TPSA) is 44.9 Å². The van der Waals surface area contributed by atoms with Crippen molar-refractivity contribution in [3.8, 4) is 0 Å². The van der Waals surface area contributed by atoms with Gasteiger partial charge in [0.05, 0.1) is 6.54 Å². The molecule has 0 aromatic rings. The second-order valence-corrected chi connectivity index (χ2v) is 7.01. The van der Waals surface area contributed by atoms with Crippen LogP contribution in [0.1, 0.15) is 48.0 Å². The highest BCUT2D eigenvalue weighted by Crippen LogP contribution is 2.27. The number of hydrogen-bond donors (Lipinski definition) is 1. The lowest BCUT2D eigenvalue weighted by Gasteiger charge is -2.44. The number of nitrogens with two attached hydrogens (primary N) is 1. The minimum Gasteiger partial charge on any atom is -0.370 e. The van der Waals surface area contributed by atoms with Gasteiger partial charge in [0.15, 0.2) is 5.96 Å². The van der Waals surface area contributed by atoms with Crippen molar-refractivity contribution >= 4 is 5.96 Å². The van der Waals surface area contributed by atoms with Crippen molar-refractivity contribution < 1.29 is 0 Å². The molecule has 2 atom stereocenters. The lowest BCUT2D eigenvalue weighted by molar-refractivity contribution is 0.0511. The molecule has 1 fully saturated rings. The van der Waals surface area contributed by atoms with Crippen molar-refractivity contribution in [2.24, 2.45) is 22.6 Å². The van der Waals surface area contributed by atoms with E-state index < -0.39 is 0 Å². The van der Waals surface area contributed by atoms with E-state index in [4.69, 9.17) is 5.73 Å². The Balaban J connectivity index is 2.66. The predicted octanol–water partition coefficient (Wildman–Crippen LogP) is 2.40. The quantitative estimate of drug-likeness (QED) is 0.622. The molecule has 1 heterocycles. The largest absolute Gasteiger partial charge is 0.370 e. The predicted molar refractivity (Wildman–Crippen MR) is 88.0 cm³/mol. The number of piperidine rings is 1. The van der Waals surface area contributed by atoms with E-state index in [9.17, 15) is 0 Å². The van der Waals surface area contributed by atoms with Gasteiger partial charge in [-0.2, -0.15) is 0 Å². The Morgan fingerprint density at radius 2 is 1.70 bits per heavy atom.